The second-order valence-corrected chi connectivity index (χ2v) is 5.65. The fourth-order valence-electron chi connectivity index (χ4n) is 1.88. The Labute approximate surface area is 126 Å². The van der Waals surface area contributed by atoms with Crippen molar-refractivity contribution in [2.45, 2.75) is 46.6 Å². The molecule has 5 heteroatoms. The van der Waals surface area contributed by atoms with E-state index in [0.717, 1.165) is 31.7 Å². The van der Waals surface area contributed by atoms with Gasteiger partial charge in [-0.3, -0.25) is 0 Å². The summed E-state index contributed by atoms with van der Waals surface area (Å²) < 4.78 is 0. The lowest BCUT2D eigenvalue weighted by atomic mass is 10.2. The van der Waals surface area contributed by atoms with Crippen molar-refractivity contribution in [3.8, 4) is 0 Å². The highest BCUT2D eigenvalue weighted by molar-refractivity contribution is 6.37. The Morgan fingerprint density at radius 1 is 1.21 bits per heavy atom. The van der Waals surface area contributed by atoms with Crippen LogP contribution in [-0.2, 0) is 0 Å². The molecule has 0 radical (unpaired) electrons. The van der Waals surface area contributed by atoms with Gasteiger partial charge in [0, 0.05) is 19.1 Å². The van der Waals surface area contributed by atoms with Crippen molar-refractivity contribution in [1.82, 2.24) is 4.98 Å². The standard InChI is InChI=1S/C14H23Cl2N3/c1-5-7-17-13-11(15)9-12(16)14(18-13)19(8-6-2)10(3)4/h9-10H,5-8H2,1-4H3,(H,17,18). The maximum Gasteiger partial charge on any atom is 0.150 e. The van der Waals surface area contributed by atoms with Crippen LogP contribution in [0.5, 0.6) is 0 Å². The van der Waals surface area contributed by atoms with Crippen LogP contribution in [0.2, 0.25) is 10.0 Å². The molecule has 0 aromatic carbocycles. The molecular formula is C14H23Cl2N3. The third kappa shape index (κ3) is 4.43. The molecule has 1 aromatic rings. The molecular weight excluding hydrogens is 281 g/mol. The Hall–Kier alpha value is -0.670. The van der Waals surface area contributed by atoms with Crippen LogP contribution in [0.3, 0.4) is 0 Å². The number of aromatic nitrogens is 1. The highest BCUT2D eigenvalue weighted by atomic mass is 35.5. The molecule has 3 nitrogen and oxygen atoms in total. The monoisotopic (exact) mass is 303 g/mol. The van der Waals surface area contributed by atoms with Crippen molar-refractivity contribution in [3.63, 3.8) is 0 Å². The summed E-state index contributed by atoms with van der Waals surface area (Å²) in [5, 5.41) is 4.42. The lowest BCUT2D eigenvalue weighted by molar-refractivity contribution is 0.662. The van der Waals surface area contributed by atoms with E-state index in [1.807, 2.05) is 0 Å². The Kier molecular flexibility index (Phi) is 6.73. The maximum atomic E-state index is 6.29. The molecule has 108 valence electrons. The van der Waals surface area contributed by atoms with E-state index in [0.29, 0.717) is 21.9 Å². The predicted octanol–water partition coefficient (Wildman–Crippen LogP) is 4.84. The van der Waals surface area contributed by atoms with Gasteiger partial charge in [-0.2, -0.15) is 0 Å². The van der Waals surface area contributed by atoms with Crippen LogP contribution in [0.15, 0.2) is 6.07 Å². The zero-order chi connectivity index (χ0) is 14.4. The summed E-state index contributed by atoms with van der Waals surface area (Å²) in [6, 6.07) is 2.12. The molecule has 0 aliphatic carbocycles. The van der Waals surface area contributed by atoms with Crippen LogP contribution in [0.4, 0.5) is 11.6 Å². The van der Waals surface area contributed by atoms with Gasteiger partial charge < -0.3 is 10.2 Å². The minimum absolute atomic E-state index is 0.352. The quantitative estimate of drug-likeness (QED) is 0.781. The van der Waals surface area contributed by atoms with Gasteiger partial charge in [-0.05, 0) is 32.8 Å². The summed E-state index contributed by atoms with van der Waals surface area (Å²) in [6.07, 6.45) is 2.08. The van der Waals surface area contributed by atoms with E-state index in [9.17, 15) is 0 Å². The third-order valence-corrected chi connectivity index (χ3v) is 3.38. The highest BCUT2D eigenvalue weighted by Crippen LogP contribution is 2.32. The topological polar surface area (TPSA) is 28.2 Å². The van der Waals surface area contributed by atoms with Crippen molar-refractivity contribution < 1.29 is 0 Å². The van der Waals surface area contributed by atoms with Crippen LogP contribution in [0.25, 0.3) is 0 Å². The van der Waals surface area contributed by atoms with Crippen molar-refractivity contribution in [1.29, 1.82) is 0 Å². The first-order valence-electron chi connectivity index (χ1n) is 6.87. The SMILES string of the molecule is CCCNc1nc(N(CCC)C(C)C)c(Cl)cc1Cl. The molecule has 1 N–H and O–H groups in total. The molecule has 1 heterocycles. The summed E-state index contributed by atoms with van der Waals surface area (Å²) in [6.45, 7) is 10.3. The highest BCUT2D eigenvalue weighted by Gasteiger charge is 2.17. The molecule has 0 saturated carbocycles. The molecule has 0 saturated heterocycles. The number of nitrogens with zero attached hydrogens (tertiary/aromatic N) is 2. The van der Waals surface area contributed by atoms with Crippen LogP contribution >= 0.6 is 23.2 Å². The second kappa shape index (κ2) is 7.81. The molecule has 0 amide bonds. The van der Waals surface area contributed by atoms with Crippen molar-refractivity contribution in [2.24, 2.45) is 0 Å². The van der Waals surface area contributed by atoms with Gasteiger partial charge in [0.15, 0.2) is 0 Å². The lowest BCUT2D eigenvalue weighted by Crippen LogP contribution is -2.32. The van der Waals surface area contributed by atoms with Gasteiger partial charge in [0.2, 0.25) is 0 Å². The van der Waals surface area contributed by atoms with E-state index in [1.54, 1.807) is 6.07 Å². The Balaban J connectivity index is 3.10. The number of rotatable bonds is 7. The van der Waals surface area contributed by atoms with Crippen LogP contribution < -0.4 is 10.2 Å². The molecule has 0 spiro atoms. The van der Waals surface area contributed by atoms with Gasteiger partial charge in [0.05, 0.1) is 10.0 Å². The first-order chi connectivity index (χ1) is 9.01. The zero-order valence-electron chi connectivity index (χ0n) is 12.1. The van der Waals surface area contributed by atoms with E-state index < -0.39 is 0 Å². The largest absolute Gasteiger partial charge is 0.369 e. The summed E-state index contributed by atoms with van der Waals surface area (Å²) in [4.78, 5) is 6.80. The van der Waals surface area contributed by atoms with Gasteiger partial charge in [-0.25, -0.2) is 4.98 Å². The average molecular weight is 304 g/mol. The molecule has 19 heavy (non-hydrogen) atoms. The van der Waals surface area contributed by atoms with E-state index >= 15 is 0 Å². The van der Waals surface area contributed by atoms with Crippen molar-refractivity contribution >= 4 is 34.8 Å². The fraction of sp³-hybridized carbons (Fsp3) is 0.643. The Morgan fingerprint density at radius 2 is 1.89 bits per heavy atom. The normalized spacial score (nSPS) is 10.9. The molecule has 0 aliphatic heterocycles. The molecule has 0 fully saturated rings. The molecule has 0 atom stereocenters. The minimum atomic E-state index is 0.352. The van der Waals surface area contributed by atoms with Gasteiger partial charge in [0.1, 0.15) is 11.6 Å². The van der Waals surface area contributed by atoms with E-state index in [1.165, 1.54) is 0 Å². The van der Waals surface area contributed by atoms with E-state index in [2.05, 4.69) is 42.9 Å². The molecule has 0 bridgehead atoms. The zero-order valence-corrected chi connectivity index (χ0v) is 13.6. The summed E-state index contributed by atoms with van der Waals surface area (Å²) >= 11 is 12.5. The van der Waals surface area contributed by atoms with Gasteiger partial charge in [0.25, 0.3) is 0 Å². The van der Waals surface area contributed by atoms with Gasteiger partial charge >= 0.3 is 0 Å². The average Bonchev–Trinajstić information content (AvgIpc) is 2.35. The first-order valence-corrected chi connectivity index (χ1v) is 7.63. The third-order valence-electron chi connectivity index (χ3n) is 2.81. The predicted molar refractivity (Wildman–Crippen MR) is 85.8 cm³/mol. The summed E-state index contributed by atoms with van der Waals surface area (Å²) in [5.74, 6) is 1.52. The van der Waals surface area contributed by atoms with Gasteiger partial charge in [-0.1, -0.05) is 37.0 Å². The molecule has 1 aromatic heterocycles. The van der Waals surface area contributed by atoms with Crippen LogP contribution in [0.1, 0.15) is 40.5 Å². The smallest absolute Gasteiger partial charge is 0.150 e. The molecule has 0 aliphatic rings. The fourth-order valence-corrected chi connectivity index (χ4v) is 2.41. The lowest BCUT2D eigenvalue weighted by Gasteiger charge is -2.28. The minimum Gasteiger partial charge on any atom is -0.369 e. The number of anilines is 2. The Bertz CT molecular complexity index is 408. The maximum absolute atomic E-state index is 6.29. The molecule has 0 unspecified atom stereocenters. The number of pyridine rings is 1. The summed E-state index contributed by atoms with van der Waals surface area (Å²) in [7, 11) is 0. The number of hydrogen-bond donors (Lipinski definition) is 1. The van der Waals surface area contributed by atoms with Crippen molar-refractivity contribution in [2.75, 3.05) is 23.3 Å². The van der Waals surface area contributed by atoms with Crippen LogP contribution in [-0.4, -0.2) is 24.1 Å². The number of hydrogen-bond acceptors (Lipinski definition) is 3. The second-order valence-electron chi connectivity index (χ2n) is 4.84. The van der Waals surface area contributed by atoms with E-state index in [-0.39, 0.29) is 0 Å². The van der Waals surface area contributed by atoms with Crippen molar-refractivity contribution in [3.05, 3.63) is 16.1 Å². The van der Waals surface area contributed by atoms with E-state index in [4.69, 9.17) is 23.2 Å². The number of halogens is 2. The summed E-state index contributed by atoms with van der Waals surface area (Å²) in [5.41, 5.74) is 0. The van der Waals surface area contributed by atoms with Crippen LogP contribution in [0, 0.1) is 0 Å². The van der Waals surface area contributed by atoms with Gasteiger partial charge in [-0.15, -0.1) is 0 Å². The Morgan fingerprint density at radius 3 is 2.42 bits per heavy atom. The first kappa shape index (κ1) is 16.4. The molecule has 1 rings (SSSR count). The number of nitrogens with one attached hydrogen (secondary N) is 1.